The van der Waals surface area contributed by atoms with Gasteiger partial charge in [0.05, 0.1) is 12.7 Å². The van der Waals surface area contributed by atoms with Crippen molar-refractivity contribution >= 4 is 0 Å². The molecule has 1 N–H and O–H groups in total. The van der Waals surface area contributed by atoms with E-state index in [4.69, 9.17) is 0 Å². The Hall–Kier alpha value is -1.69. The number of nitrogens with zero attached hydrogens (tertiary/aromatic N) is 5. The molecule has 0 saturated heterocycles. The minimum absolute atomic E-state index is 0.255. The Morgan fingerprint density at radius 3 is 2.94 bits per heavy atom. The van der Waals surface area contributed by atoms with E-state index in [1.165, 1.54) is 5.56 Å². The number of aromatic nitrogens is 5. The van der Waals surface area contributed by atoms with Gasteiger partial charge in [-0.25, -0.2) is 0 Å². The van der Waals surface area contributed by atoms with E-state index in [9.17, 15) is 0 Å². The lowest BCUT2D eigenvalue weighted by molar-refractivity contribution is 0.539. The molecule has 0 aliphatic carbocycles. The van der Waals surface area contributed by atoms with Crippen LogP contribution < -0.4 is 5.32 Å². The van der Waals surface area contributed by atoms with Gasteiger partial charge in [0.2, 0.25) is 0 Å². The van der Waals surface area contributed by atoms with E-state index >= 15 is 0 Å². The lowest BCUT2D eigenvalue weighted by Crippen LogP contribution is -2.20. The fourth-order valence-electron chi connectivity index (χ4n) is 1.71. The highest BCUT2D eigenvalue weighted by Gasteiger charge is 2.09. The molecule has 2 rings (SSSR count). The van der Waals surface area contributed by atoms with Gasteiger partial charge in [-0.1, -0.05) is 0 Å². The van der Waals surface area contributed by atoms with Gasteiger partial charge in [0.1, 0.15) is 12.2 Å². The highest BCUT2D eigenvalue weighted by atomic mass is 15.3. The van der Waals surface area contributed by atoms with Crippen LogP contribution in [0.4, 0.5) is 0 Å². The Morgan fingerprint density at radius 1 is 1.47 bits per heavy atom. The van der Waals surface area contributed by atoms with E-state index in [0.29, 0.717) is 6.54 Å². The molecule has 0 amide bonds. The van der Waals surface area contributed by atoms with Crippen molar-refractivity contribution in [2.45, 2.75) is 33.0 Å². The molecule has 0 aliphatic rings. The van der Waals surface area contributed by atoms with Crippen molar-refractivity contribution in [2.75, 3.05) is 0 Å². The van der Waals surface area contributed by atoms with Crippen LogP contribution in [-0.2, 0) is 20.1 Å². The van der Waals surface area contributed by atoms with Gasteiger partial charge in [-0.15, -0.1) is 10.2 Å². The summed E-state index contributed by atoms with van der Waals surface area (Å²) < 4.78 is 3.84. The summed E-state index contributed by atoms with van der Waals surface area (Å²) in [5, 5.41) is 15.6. The van der Waals surface area contributed by atoms with Gasteiger partial charge in [0.15, 0.2) is 0 Å². The third kappa shape index (κ3) is 2.71. The van der Waals surface area contributed by atoms with Crippen LogP contribution >= 0.6 is 0 Å². The van der Waals surface area contributed by atoms with Crippen LogP contribution in [0.2, 0.25) is 0 Å². The minimum atomic E-state index is 0.255. The molecule has 0 aromatic carbocycles. The topological polar surface area (TPSA) is 60.6 Å². The zero-order chi connectivity index (χ0) is 12.3. The third-order valence-electron chi connectivity index (χ3n) is 2.83. The van der Waals surface area contributed by atoms with E-state index in [1.54, 1.807) is 6.33 Å². The van der Waals surface area contributed by atoms with Crippen molar-refractivity contribution < 1.29 is 0 Å². The van der Waals surface area contributed by atoms with Crippen molar-refractivity contribution in [3.05, 3.63) is 30.1 Å². The fourth-order valence-corrected chi connectivity index (χ4v) is 1.71. The first-order valence-electron chi connectivity index (χ1n) is 5.79. The minimum Gasteiger partial charge on any atom is -0.317 e. The molecule has 0 spiro atoms. The second-order valence-corrected chi connectivity index (χ2v) is 4.08. The molecule has 92 valence electrons. The van der Waals surface area contributed by atoms with Crippen molar-refractivity contribution in [3.8, 4) is 0 Å². The Kier molecular flexibility index (Phi) is 3.53. The number of nitrogens with one attached hydrogen (secondary N) is 1. The Balaban J connectivity index is 1.94. The molecule has 0 fully saturated rings. The monoisotopic (exact) mass is 234 g/mol. The molecular weight excluding hydrogens is 216 g/mol. The van der Waals surface area contributed by atoms with Crippen molar-refractivity contribution in [2.24, 2.45) is 7.05 Å². The lowest BCUT2D eigenvalue weighted by atomic mass is 10.2. The molecule has 2 aromatic rings. The van der Waals surface area contributed by atoms with Crippen LogP contribution in [0.5, 0.6) is 0 Å². The molecule has 6 nitrogen and oxygen atoms in total. The molecule has 0 saturated carbocycles. The Morgan fingerprint density at radius 2 is 2.29 bits per heavy atom. The van der Waals surface area contributed by atoms with Crippen LogP contribution in [-0.4, -0.2) is 24.5 Å². The maximum Gasteiger partial charge on any atom is 0.146 e. The number of hydrogen-bond acceptors (Lipinski definition) is 4. The average molecular weight is 234 g/mol. The first-order valence-corrected chi connectivity index (χ1v) is 5.79. The second kappa shape index (κ2) is 5.09. The van der Waals surface area contributed by atoms with Crippen molar-refractivity contribution in [3.63, 3.8) is 0 Å². The summed E-state index contributed by atoms with van der Waals surface area (Å²) >= 11 is 0. The van der Waals surface area contributed by atoms with Gasteiger partial charge in [-0.05, 0) is 13.8 Å². The zero-order valence-electron chi connectivity index (χ0n) is 10.5. The summed E-state index contributed by atoms with van der Waals surface area (Å²) in [5.74, 6) is 0.961. The first-order chi connectivity index (χ1) is 8.20. The fraction of sp³-hybridized carbons (Fsp3) is 0.545. The smallest absolute Gasteiger partial charge is 0.146 e. The van der Waals surface area contributed by atoms with Crippen molar-refractivity contribution in [1.82, 2.24) is 29.9 Å². The normalized spacial score (nSPS) is 12.9. The molecule has 0 bridgehead atoms. The third-order valence-corrected chi connectivity index (χ3v) is 2.83. The molecule has 0 radical (unpaired) electrons. The average Bonchev–Trinajstić information content (AvgIpc) is 2.94. The molecule has 1 atom stereocenters. The molecule has 17 heavy (non-hydrogen) atoms. The summed E-state index contributed by atoms with van der Waals surface area (Å²) in [7, 11) is 1.92. The van der Waals surface area contributed by atoms with E-state index in [-0.39, 0.29) is 6.04 Å². The predicted octanol–water partition coefficient (Wildman–Crippen LogP) is 0.882. The second-order valence-electron chi connectivity index (χ2n) is 4.08. The van der Waals surface area contributed by atoms with Gasteiger partial charge in [-0.2, -0.15) is 5.10 Å². The van der Waals surface area contributed by atoms with Crippen LogP contribution in [0.15, 0.2) is 18.7 Å². The van der Waals surface area contributed by atoms with Gasteiger partial charge in [-0.3, -0.25) is 4.68 Å². The molecule has 2 heterocycles. The van der Waals surface area contributed by atoms with Crippen molar-refractivity contribution in [1.29, 1.82) is 0 Å². The highest BCUT2D eigenvalue weighted by molar-refractivity contribution is 5.09. The Bertz CT molecular complexity index is 472. The standard InChI is InChI=1S/C11H18N6/c1-4-17-8-13-15-11(17)6-12-9(2)10-5-14-16(3)7-10/h5,7-9,12H,4,6H2,1-3H3. The largest absolute Gasteiger partial charge is 0.317 e. The lowest BCUT2D eigenvalue weighted by Gasteiger charge is -2.11. The van der Waals surface area contributed by atoms with Gasteiger partial charge >= 0.3 is 0 Å². The molecular formula is C11H18N6. The molecule has 0 aliphatic heterocycles. The Labute approximate surface area is 101 Å². The summed E-state index contributed by atoms with van der Waals surface area (Å²) in [6.45, 7) is 5.80. The first kappa shape index (κ1) is 11.8. The van der Waals surface area contributed by atoms with Crippen LogP contribution in [0, 0.1) is 0 Å². The van der Waals surface area contributed by atoms with Crippen LogP contribution in [0.1, 0.15) is 31.3 Å². The number of rotatable bonds is 5. The zero-order valence-corrected chi connectivity index (χ0v) is 10.5. The summed E-state index contributed by atoms with van der Waals surface area (Å²) in [4.78, 5) is 0. The molecule has 1 unspecified atom stereocenters. The van der Waals surface area contributed by atoms with Gasteiger partial charge in [0.25, 0.3) is 0 Å². The van der Waals surface area contributed by atoms with Crippen LogP contribution in [0.25, 0.3) is 0 Å². The van der Waals surface area contributed by atoms with Gasteiger partial charge < -0.3 is 9.88 Å². The highest BCUT2D eigenvalue weighted by Crippen LogP contribution is 2.10. The quantitative estimate of drug-likeness (QED) is 0.834. The maximum absolute atomic E-state index is 4.16. The summed E-state index contributed by atoms with van der Waals surface area (Å²) in [6, 6.07) is 0.255. The van der Waals surface area contributed by atoms with E-state index < -0.39 is 0 Å². The van der Waals surface area contributed by atoms with Gasteiger partial charge in [0, 0.05) is 31.4 Å². The number of aryl methyl sites for hydroxylation is 2. The number of hydrogen-bond donors (Lipinski definition) is 1. The van der Waals surface area contributed by atoms with E-state index in [2.05, 4.69) is 34.5 Å². The predicted molar refractivity (Wildman–Crippen MR) is 64.2 cm³/mol. The van der Waals surface area contributed by atoms with E-state index in [1.807, 2.05) is 28.7 Å². The summed E-state index contributed by atoms with van der Waals surface area (Å²) in [5.41, 5.74) is 1.18. The molecule has 2 aromatic heterocycles. The maximum atomic E-state index is 4.16. The van der Waals surface area contributed by atoms with E-state index in [0.717, 1.165) is 12.4 Å². The SMILES string of the molecule is CCn1cnnc1CNC(C)c1cnn(C)c1. The van der Waals surface area contributed by atoms with Crippen LogP contribution in [0.3, 0.4) is 0 Å². The molecule has 6 heteroatoms. The summed E-state index contributed by atoms with van der Waals surface area (Å²) in [6.07, 6.45) is 5.65.